The van der Waals surface area contributed by atoms with Gasteiger partial charge in [0.1, 0.15) is 17.5 Å². The first-order valence-electron chi connectivity index (χ1n) is 12.7. The molecule has 0 aromatic heterocycles. The Labute approximate surface area is 234 Å². The van der Waals surface area contributed by atoms with E-state index in [2.05, 4.69) is 5.32 Å². The topological polar surface area (TPSA) is 67.9 Å². The molecule has 1 N–H and O–H groups in total. The molecule has 1 atom stereocenters. The van der Waals surface area contributed by atoms with Crippen molar-refractivity contribution in [1.82, 2.24) is 10.2 Å². The number of hydrogen-bond donors (Lipinski definition) is 1. The highest BCUT2D eigenvalue weighted by Crippen LogP contribution is 2.24. The van der Waals surface area contributed by atoms with Crippen LogP contribution in [0.3, 0.4) is 0 Å². The van der Waals surface area contributed by atoms with Crippen molar-refractivity contribution in [2.75, 3.05) is 13.7 Å². The highest BCUT2D eigenvalue weighted by molar-refractivity contribution is 6.32. The molecule has 0 saturated carbocycles. The number of hydrogen-bond acceptors (Lipinski definition) is 4. The Morgan fingerprint density at radius 2 is 1.41 bits per heavy atom. The molecule has 39 heavy (non-hydrogen) atoms. The summed E-state index contributed by atoms with van der Waals surface area (Å²) in [5, 5.41) is 3.44. The molecule has 0 fully saturated rings. The molecular weight excluding hydrogens is 512 g/mol. The summed E-state index contributed by atoms with van der Waals surface area (Å²) >= 11 is 6.24. The van der Waals surface area contributed by atoms with E-state index in [-0.39, 0.29) is 25.0 Å². The number of halogens is 1. The van der Waals surface area contributed by atoms with Gasteiger partial charge in [-0.1, -0.05) is 96.5 Å². The number of amides is 2. The van der Waals surface area contributed by atoms with Crippen LogP contribution < -0.4 is 14.8 Å². The first-order valence-corrected chi connectivity index (χ1v) is 13.1. The predicted molar refractivity (Wildman–Crippen MR) is 153 cm³/mol. The monoisotopic (exact) mass is 542 g/mol. The largest absolute Gasteiger partial charge is 0.497 e. The summed E-state index contributed by atoms with van der Waals surface area (Å²) in [6, 6.07) is 33.0. The maximum Gasteiger partial charge on any atom is 0.261 e. The van der Waals surface area contributed by atoms with Gasteiger partial charge in [0.25, 0.3) is 5.91 Å². The van der Waals surface area contributed by atoms with Gasteiger partial charge in [0.15, 0.2) is 6.61 Å². The number of para-hydroxylation sites is 1. The van der Waals surface area contributed by atoms with E-state index in [1.54, 1.807) is 36.3 Å². The fraction of sp³-hybridized carbons (Fsp3) is 0.188. The third kappa shape index (κ3) is 8.09. The van der Waals surface area contributed by atoms with Gasteiger partial charge in [-0.2, -0.15) is 0 Å². The summed E-state index contributed by atoms with van der Waals surface area (Å²) in [7, 11) is 1.60. The average molecular weight is 543 g/mol. The van der Waals surface area contributed by atoms with E-state index in [1.165, 1.54) is 0 Å². The third-order valence-corrected chi connectivity index (χ3v) is 6.59. The molecule has 0 aliphatic carbocycles. The van der Waals surface area contributed by atoms with Crippen LogP contribution in [0.15, 0.2) is 109 Å². The summed E-state index contributed by atoms with van der Waals surface area (Å²) in [6.07, 6.45) is 0.343. The zero-order chi connectivity index (χ0) is 27.5. The molecule has 0 heterocycles. The van der Waals surface area contributed by atoms with Crippen LogP contribution in [0.1, 0.15) is 16.7 Å². The molecule has 0 saturated heterocycles. The van der Waals surface area contributed by atoms with E-state index in [4.69, 9.17) is 21.1 Å². The van der Waals surface area contributed by atoms with Crippen molar-refractivity contribution in [3.63, 3.8) is 0 Å². The van der Waals surface area contributed by atoms with E-state index in [9.17, 15) is 9.59 Å². The van der Waals surface area contributed by atoms with Crippen molar-refractivity contribution in [1.29, 1.82) is 0 Å². The van der Waals surface area contributed by atoms with E-state index >= 15 is 0 Å². The second kappa shape index (κ2) is 14.0. The van der Waals surface area contributed by atoms with Gasteiger partial charge >= 0.3 is 0 Å². The Morgan fingerprint density at radius 3 is 2.05 bits per heavy atom. The van der Waals surface area contributed by atoms with Crippen molar-refractivity contribution in [3.05, 3.63) is 131 Å². The molecule has 0 bridgehead atoms. The lowest BCUT2D eigenvalue weighted by atomic mass is 10.0. The standard InChI is InChI=1S/C32H31ClN2O4/c1-38-27-18-16-26(17-19-27)22-35(31(36)23-39-30-15-9-8-14-28(30)33)29(20-24-10-4-2-5-11-24)32(37)34-21-25-12-6-3-7-13-25/h2-19,29H,20-23H2,1H3,(H,34,37)/t29-/m0/s1. The number of carbonyl (C=O) groups is 2. The molecule has 0 unspecified atom stereocenters. The Kier molecular flexibility index (Phi) is 9.98. The minimum atomic E-state index is -0.777. The number of ether oxygens (including phenoxy) is 2. The normalized spacial score (nSPS) is 11.3. The number of carbonyl (C=O) groups excluding carboxylic acids is 2. The molecule has 6 nitrogen and oxygen atoms in total. The number of rotatable bonds is 12. The van der Waals surface area contributed by atoms with Crippen molar-refractivity contribution < 1.29 is 19.1 Å². The van der Waals surface area contributed by atoms with Crippen molar-refractivity contribution in [2.24, 2.45) is 0 Å². The van der Waals surface area contributed by atoms with Crippen LogP contribution in [-0.2, 0) is 29.1 Å². The summed E-state index contributed by atoms with van der Waals surface area (Å²) < 4.78 is 11.1. The lowest BCUT2D eigenvalue weighted by molar-refractivity contribution is -0.142. The molecule has 0 aliphatic rings. The van der Waals surface area contributed by atoms with Gasteiger partial charge in [-0.05, 0) is 41.0 Å². The average Bonchev–Trinajstić information content (AvgIpc) is 2.98. The van der Waals surface area contributed by atoms with Crippen LogP contribution in [0.2, 0.25) is 5.02 Å². The summed E-state index contributed by atoms with van der Waals surface area (Å²) in [5.74, 6) is 0.536. The summed E-state index contributed by atoms with van der Waals surface area (Å²) in [6.45, 7) is 0.299. The molecule has 4 rings (SSSR count). The van der Waals surface area contributed by atoms with Crippen LogP contribution in [0.4, 0.5) is 0 Å². The number of benzene rings is 4. The SMILES string of the molecule is COc1ccc(CN(C(=O)COc2ccccc2Cl)[C@@H](Cc2ccccc2)C(=O)NCc2ccccc2)cc1. The molecule has 4 aromatic rings. The van der Waals surface area contributed by atoms with Gasteiger partial charge in [-0.3, -0.25) is 9.59 Å². The van der Waals surface area contributed by atoms with Crippen LogP contribution >= 0.6 is 11.6 Å². The maximum absolute atomic E-state index is 13.7. The van der Waals surface area contributed by atoms with Gasteiger partial charge in [-0.15, -0.1) is 0 Å². The second-order valence-corrected chi connectivity index (χ2v) is 9.40. The molecule has 200 valence electrons. The molecule has 0 spiro atoms. The molecule has 4 aromatic carbocycles. The predicted octanol–water partition coefficient (Wildman–Crippen LogP) is 5.68. The van der Waals surface area contributed by atoms with Gasteiger partial charge in [0.05, 0.1) is 12.1 Å². The lowest BCUT2D eigenvalue weighted by Gasteiger charge is -2.31. The van der Waals surface area contributed by atoms with Gasteiger partial charge < -0.3 is 19.7 Å². The zero-order valence-corrected chi connectivity index (χ0v) is 22.5. The van der Waals surface area contributed by atoms with E-state index in [1.807, 2.05) is 84.9 Å². The van der Waals surface area contributed by atoms with E-state index < -0.39 is 6.04 Å². The Morgan fingerprint density at radius 1 is 0.795 bits per heavy atom. The van der Waals surface area contributed by atoms with Gasteiger partial charge in [-0.25, -0.2) is 0 Å². The number of methoxy groups -OCH3 is 1. The lowest BCUT2D eigenvalue weighted by Crippen LogP contribution is -2.51. The molecular formula is C32H31ClN2O4. The Hall–Kier alpha value is -4.29. The highest BCUT2D eigenvalue weighted by Gasteiger charge is 2.30. The smallest absolute Gasteiger partial charge is 0.261 e. The summed E-state index contributed by atoms with van der Waals surface area (Å²) in [4.78, 5) is 29.0. The fourth-order valence-corrected chi connectivity index (χ4v) is 4.36. The van der Waals surface area contributed by atoms with Crippen LogP contribution in [0, 0.1) is 0 Å². The van der Waals surface area contributed by atoms with Crippen molar-refractivity contribution in [2.45, 2.75) is 25.6 Å². The minimum Gasteiger partial charge on any atom is -0.497 e. The zero-order valence-electron chi connectivity index (χ0n) is 21.8. The first kappa shape index (κ1) is 27.7. The minimum absolute atomic E-state index is 0.213. The van der Waals surface area contributed by atoms with Gasteiger partial charge in [0.2, 0.25) is 5.91 Å². The number of nitrogens with zero attached hydrogens (tertiary/aromatic N) is 1. The second-order valence-electron chi connectivity index (χ2n) is 9.00. The number of nitrogens with one attached hydrogen (secondary N) is 1. The van der Waals surface area contributed by atoms with Crippen molar-refractivity contribution >= 4 is 23.4 Å². The van der Waals surface area contributed by atoms with Crippen LogP contribution in [0.5, 0.6) is 11.5 Å². The maximum atomic E-state index is 13.7. The van der Waals surface area contributed by atoms with Crippen LogP contribution in [-0.4, -0.2) is 36.5 Å². The highest BCUT2D eigenvalue weighted by atomic mass is 35.5. The molecule has 0 aliphatic heterocycles. The Balaban J connectivity index is 1.62. The molecule has 0 radical (unpaired) electrons. The fourth-order valence-electron chi connectivity index (χ4n) is 4.17. The van der Waals surface area contributed by atoms with E-state index in [0.29, 0.717) is 29.5 Å². The first-order chi connectivity index (χ1) is 19.0. The van der Waals surface area contributed by atoms with E-state index in [0.717, 1.165) is 16.7 Å². The Bertz CT molecular complexity index is 1350. The van der Waals surface area contributed by atoms with Crippen molar-refractivity contribution in [3.8, 4) is 11.5 Å². The summed E-state index contributed by atoms with van der Waals surface area (Å²) in [5.41, 5.74) is 2.77. The third-order valence-electron chi connectivity index (χ3n) is 6.28. The van der Waals surface area contributed by atoms with Gasteiger partial charge in [0, 0.05) is 19.5 Å². The quantitative estimate of drug-likeness (QED) is 0.250. The molecule has 2 amide bonds. The molecule has 7 heteroatoms. The van der Waals surface area contributed by atoms with Crippen LogP contribution in [0.25, 0.3) is 0 Å².